The molecule has 0 atom stereocenters. The van der Waals surface area contributed by atoms with E-state index in [1.54, 1.807) is 25.8 Å². The second-order valence-electron chi connectivity index (χ2n) is 7.92. The number of allylic oxidation sites excluding steroid dienone is 1. The molecule has 1 aromatic carbocycles. The first-order valence-electron chi connectivity index (χ1n) is 10.3. The molecule has 1 heterocycles. The molecule has 0 radical (unpaired) electrons. The van der Waals surface area contributed by atoms with E-state index in [1.165, 1.54) is 18.2 Å². The number of hydrogen-bond donors (Lipinski definition) is 4. The predicted octanol–water partition coefficient (Wildman–Crippen LogP) is 3.66. The number of carbonyl (C=O) groups is 2. The normalized spacial score (nSPS) is 22.6. The van der Waals surface area contributed by atoms with E-state index in [1.807, 2.05) is 0 Å². The second kappa shape index (κ2) is 9.64. The summed E-state index contributed by atoms with van der Waals surface area (Å²) in [6.07, 6.45) is 2.89. The highest BCUT2D eigenvalue weighted by molar-refractivity contribution is 8.18. The molecule has 3 rings (SSSR count). The number of nitrogens with zero attached hydrogens (tertiary/aromatic N) is 1. The quantitative estimate of drug-likeness (QED) is 0.508. The third-order valence-corrected chi connectivity index (χ3v) is 6.90. The van der Waals surface area contributed by atoms with E-state index >= 15 is 0 Å². The molecule has 1 amide bonds. The first kappa shape index (κ1) is 23.6. The SMILES string of the molecule is CC(=O)N(C)[C@H]1CC[C@@H](Oc2cc(F)ccc2N/C(N)=C2/C(=N)SC(C(=O)O)=C2C)CC1. The Labute approximate surface area is 190 Å². The topological polar surface area (TPSA) is 129 Å². The van der Waals surface area contributed by atoms with Gasteiger partial charge < -0.3 is 25.8 Å². The summed E-state index contributed by atoms with van der Waals surface area (Å²) in [5.41, 5.74) is 7.30. The number of amides is 1. The van der Waals surface area contributed by atoms with Crippen LogP contribution in [0.15, 0.2) is 40.1 Å². The molecule has 2 aliphatic rings. The van der Waals surface area contributed by atoms with Crippen molar-refractivity contribution in [3.05, 3.63) is 45.9 Å². The van der Waals surface area contributed by atoms with Crippen molar-refractivity contribution in [2.75, 3.05) is 12.4 Å². The molecular formula is C22H27FN4O4S. The Balaban J connectivity index is 1.77. The third-order valence-electron chi connectivity index (χ3n) is 5.81. The van der Waals surface area contributed by atoms with E-state index in [-0.39, 0.29) is 39.6 Å². The van der Waals surface area contributed by atoms with Crippen molar-refractivity contribution in [1.29, 1.82) is 5.41 Å². The molecule has 0 spiro atoms. The van der Waals surface area contributed by atoms with Crippen LogP contribution in [0.1, 0.15) is 39.5 Å². The molecule has 1 aliphatic heterocycles. The van der Waals surface area contributed by atoms with Gasteiger partial charge in [0.25, 0.3) is 0 Å². The number of halogens is 1. The van der Waals surface area contributed by atoms with Crippen LogP contribution in [0.5, 0.6) is 5.75 Å². The minimum absolute atomic E-state index is 0.0283. The Morgan fingerprint density at radius 1 is 1.31 bits per heavy atom. The molecular weight excluding hydrogens is 435 g/mol. The van der Waals surface area contributed by atoms with E-state index in [4.69, 9.17) is 15.9 Å². The minimum atomic E-state index is -1.11. The number of carboxylic acids is 1. The lowest BCUT2D eigenvalue weighted by molar-refractivity contribution is -0.132. The van der Waals surface area contributed by atoms with Gasteiger partial charge in [0.05, 0.1) is 17.4 Å². The molecule has 172 valence electrons. The first-order valence-corrected chi connectivity index (χ1v) is 11.1. The number of rotatable bonds is 6. The number of thioether (sulfide) groups is 1. The maximum atomic E-state index is 14.0. The van der Waals surface area contributed by atoms with Crippen LogP contribution in [0.25, 0.3) is 0 Å². The monoisotopic (exact) mass is 462 g/mol. The van der Waals surface area contributed by atoms with Crippen molar-refractivity contribution >= 4 is 34.4 Å². The van der Waals surface area contributed by atoms with Gasteiger partial charge in [-0.05, 0) is 50.3 Å². The summed E-state index contributed by atoms with van der Waals surface area (Å²) in [5, 5.41) is 20.4. The largest absolute Gasteiger partial charge is 0.488 e. The molecule has 1 aliphatic carbocycles. The number of benzene rings is 1. The molecule has 10 heteroatoms. The zero-order valence-corrected chi connectivity index (χ0v) is 19.0. The molecule has 5 N–H and O–H groups in total. The third kappa shape index (κ3) is 5.07. The van der Waals surface area contributed by atoms with Crippen molar-refractivity contribution in [1.82, 2.24) is 4.90 Å². The molecule has 1 saturated carbocycles. The lowest BCUT2D eigenvalue weighted by Crippen LogP contribution is -2.40. The Bertz CT molecular complexity index is 1020. The molecule has 0 bridgehead atoms. The number of carbonyl (C=O) groups excluding carboxylic acids is 1. The average Bonchev–Trinajstić information content (AvgIpc) is 3.04. The molecule has 0 saturated heterocycles. The van der Waals surface area contributed by atoms with Crippen LogP contribution in [-0.4, -0.2) is 46.1 Å². The van der Waals surface area contributed by atoms with Gasteiger partial charge in [-0.3, -0.25) is 10.2 Å². The summed E-state index contributed by atoms with van der Waals surface area (Å²) < 4.78 is 20.0. The van der Waals surface area contributed by atoms with E-state index in [0.717, 1.165) is 37.4 Å². The van der Waals surface area contributed by atoms with Crippen molar-refractivity contribution in [3.63, 3.8) is 0 Å². The van der Waals surface area contributed by atoms with Crippen LogP contribution in [-0.2, 0) is 9.59 Å². The molecule has 32 heavy (non-hydrogen) atoms. The number of nitrogens with two attached hydrogens (primary N) is 1. The maximum absolute atomic E-state index is 14.0. The second-order valence-corrected chi connectivity index (χ2v) is 8.94. The number of nitrogens with one attached hydrogen (secondary N) is 2. The van der Waals surface area contributed by atoms with E-state index in [9.17, 15) is 19.1 Å². The van der Waals surface area contributed by atoms with Crippen LogP contribution in [0.2, 0.25) is 0 Å². The van der Waals surface area contributed by atoms with Gasteiger partial charge in [-0.2, -0.15) is 0 Å². The molecule has 1 fully saturated rings. The summed E-state index contributed by atoms with van der Waals surface area (Å²) in [5.74, 6) is -1.17. The van der Waals surface area contributed by atoms with Crippen molar-refractivity contribution < 1.29 is 23.8 Å². The van der Waals surface area contributed by atoms with Gasteiger partial charge >= 0.3 is 5.97 Å². The fourth-order valence-electron chi connectivity index (χ4n) is 3.93. The number of anilines is 1. The Morgan fingerprint density at radius 2 is 1.97 bits per heavy atom. The van der Waals surface area contributed by atoms with E-state index in [2.05, 4.69) is 5.32 Å². The lowest BCUT2D eigenvalue weighted by Gasteiger charge is -2.34. The van der Waals surface area contributed by atoms with Crippen LogP contribution in [0.4, 0.5) is 10.1 Å². The Kier molecular flexibility index (Phi) is 7.12. The summed E-state index contributed by atoms with van der Waals surface area (Å²) >= 11 is 0.835. The highest BCUT2D eigenvalue weighted by atomic mass is 32.2. The lowest BCUT2D eigenvalue weighted by atomic mass is 9.92. The summed E-state index contributed by atoms with van der Waals surface area (Å²) in [6.45, 7) is 3.14. The van der Waals surface area contributed by atoms with Gasteiger partial charge in [0.1, 0.15) is 27.3 Å². The molecule has 0 unspecified atom stereocenters. The predicted molar refractivity (Wildman–Crippen MR) is 122 cm³/mol. The molecule has 0 aromatic heterocycles. The fourth-order valence-corrected chi connectivity index (χ4v) is 4.85. The zero-order chi connectivity index (χ0) is 23.6. The van der Waals surface area contributed by atoms with Gasteiger partial charge in [0, 0.05) is 26.1 Å². The minimum Gasteiger partial charge on any atom is -0.488 e. The van der Waals surface area contributed by atoms with Crippen molar-refractivity contribution in [3.8, 4) is 5.75 Å². The molecule has 1 aromatic rings. The van der Waals surface area contributed by atoms with Crippen molar-refractivity contribution in [2.45, 2.75) is 51.7 Å². The van der Waals surface area contributed by atoms with Gasteiger partial charge in [-0.15, -0.1) is 0 Å². The van der Waals surface area contributed by atoms with Crippen LogP contribution >= 0.6 is 11.8 Å². The van der Waals surface area contributed by atoms with Gasteiger partial charge in [0.2, 0.25) is 5.91 Å². The number of ether oxygens (including phenoxy) is 1. The summed E-state index contributed by atoms with van der Waals surface area (Å²) in [4.78, 5) is 24.7. The average molecular weight is 463 g/mol. The number of carboxylic acid groups (broad SMARTS) is 1. The number of hydrogen-bond acceptors (Lipinski definition) is 7. The van der Waals surface area contributed by atoms with E-state index in [0.29, 0.717) is 16.8 Å². The zero-order valence-electron chi connectivity index (χ0n) is 18.2. The fraction of sp³-hybridized carbons (Fsp3) is 0.409. The standard InChI is InChI=1S/C22H27FN4O4S/c1-11-18(21(25)32-19(11)22(29)30)20(24)26-16-9-4-13(23)10-17(16)31-15-7-5-14(6-8-15)27(3)12(2)28/h4,9-10,14-15,25-26H,5-8,24H2,1-3H3,(H,29,30)/b20-18+,25-21?/t14-,15+. The maximum Gasteiger partial charge on any atom is 0.342 e. The van der Waals surface area contributed by atoms with Crippen LogP contribution in [0.3, 0.4) is 0 Å². The van der Waals surface area contributed by atoms with Crippen molar-refractivity contribution in [2.24, 2.45) is 5.73 Å². The van der Waals surface area contributed by atoms with Crippen LogP contribution < -0.4 is 15.8 Å². The Hall–Kier alpha value is -3.01. The smallest absolute Gasteiger partial charge is 0.342 e. The number of aliphatic carboxylic acids is 1. The van der Waals surface area contributed by atoms with Gasteiger partial charge in [-0.25, -0.2) is 9.18 Å². The Morgan fingerprint density at radius 3 is 2.53 bits per heavy atom. The first-order chi connectivity index (χ1) is 15.1. The highest BCUT2D eigenvalue weighted by Crippen LogP contribution is 2.39. The van der Waals surface area contributed by atoms with Gasteiger partial charge in [-0.1, -0.05) is 11.8 Å². The highest BCUT2D eigenvalue weighted by Gasteiger charge is 2.30. The summed E-state index contributed by atoms with van der Waals surface area (Å²) in [7, 11) is 1.80. The summed E-state index contributed by atoms with van der Waals surface area (Å²) in [6, 6.07) is 4.21. The van der Waals surface area contributed by atoms with Gasteiger partial charge in [0.15, 0.2) is 0 Å². The van der Waals surface area contributed by atoms with E-state index < -0.39 is 11.8 Å². The van der Waals surface area contributed by atoms with Crippen LogP contribution in [0, 0.1) is 11.2 Å². The molecule has 8 nitrogen and oxygen atoms in total.